The van der Waals surface area contributed by atoms with Crippen molar-refractivity contribution in [3.63, 3.8) is 0 Å². The predicted octanol–water partition coefficient (Wildman–Crippen LogP) is 4.59. The van der Waals surface area contributed by atoms with Gasteiger partial charge in [0.15, 0.2) is 0 Å². The monoisotopic (exact) mass is 346 g/mol. The van der Waals surface area contributed by atoms with Crippen LogP contribution in [0, 0.1) is 0 Å². The van der Waals surface area contributed by atoms with Crippen molar-refractivity contribution in [3.8, 4) is 0 Å². The Morgan fingerprint density at radius 3 is 2.52 bits per heavy atom. The minimum absolute atomic E-state index is 0.914. The van der Waals surface area contributed by atoms with Crippen LogP contribution in [0.5, 0.6) is 0 Å². The van der Waals surface area contributed by atoms with Crippen LogP contribution < -0.4 is 10.2 Å². The molecular formula is C18H23BrN2. The van der Waals surface area contributed by atoms with E-state index < -0.39 is 0 Å². The lowest BCUT2D eigenvalue weighted by atomic mass is 10.1. The minimum Gasteiger partial charge on any atom is -0.370 e. The van der Waals surface area contributed by atoms with E-state index in [0.717, 1.165) is 26.1 Å². The number of halogens is 1. The Morgan fingerprint density at radius 1 is 1.10 bits per heavy atom. The molecular weight excluding hydrogens is 324 g/mol. The van der Waals surface area contributed by atoms with E-state index in [1.54, 1.807) is 0 Å². The van der Waals surface area contributed by atoms with Crippen molar-refractivity contribution in [3.05, 3.63) is 64.1 Å². The lowest BCUT2D eigenvalue weighted by Gasteiger charge is -2.20. The number of benzene rings is 2. The van der Waals surface area contributed by atoms with E-state index in [4.69, 9.17) is 0 Å². The Hall–Kier alpha value is -1.32. The molecule has 0 aliphatic rings. The van der Waals surface area contributed by atoms with Gasteiger partial charge in [-0.2, -0.15) is 0 Å². The fourth-order valence-corrected chi connectivity index (χ4v) is 2.77. The molecule has 0 saturated carbocycles. The largest absolute Gasteiger partial charge is 0.370 e. The third-order valence-corrected chi connectivity index (χ3v) is 4.22. The van der Waals surface area contributed by atoms with Gasteiger partial charge in [0.2, 0.25) is 0 Å². The topological polar surface area (TPSA) is 15.3 Å². The van der Waals surface area contributed by atoms with Crippen molar-refractivity contribution in [1.29, 1.82) is 0 Å². The molecule has 0 fully saturated rings. The normalized spacial score (nSPS) is 10.6. The molecule has 0 saturated heterocycles. The Labute approximate surface area is 136 Å². The Morgan fingerprint density at radius 2 is 1.86 bits per heavy atom. The molecule has 2 rings (SSSR count). The van der Waals surface area contributed by atoms with Crippen molar-refractivity contribution in [2.24, 2.45) is 0 Å². The summed E-state index contributed by atoms with van der Waals surface area (Å²) in [6.45, 7) is 5.07. The van der Waals surface area contributed by atoms with Crippen molar-refractivity contribution >= 4 is 21.6 Å². The zero-order chi connectivity index (χ0) is 15.1. The van der Waals surface area contributed by atoms with Gasteiger partial charge in [0, 0.05) is 30.3 Å². The molecule has 0 amide bonds. The maximum absolute atomic E-state index is 3.69. The number of hydrogen-bond acceptors (Lipinski definition) is 2. The number of hydrogen-bond donors (Lipinski definition) is 1. The smallest absolute Gasteiger partial charge is 0.0426 e. The summed E-state index contributed by atoms with van der Waals surface area (Å²) in [5.41, 5.74) is 3.86. The summed E-state index contributed by atoms with van der Waals surface area (Å²) < 4.78 is 1.17. The molecule has 2 aromatic rings. The zero-order valence-corrected chi connectivity index (χ0v) is 14.4. The van der Waals surface area contributed by atoms with Crippen molar-refractivity contribution in [1.82, 2.24) is 5.32 Å². The van der Waals surface area contributed by atoms with Gasteiger partial charge in [0.05, 0.1) is 0 Å². The van der Waals surface area contributed by atoms with E-state index in [1.165, 1.54) is 21.3 Å². The van der Waals surface area contributed by atoms with Crippen LogP contribution >= 0.6 is 15.9 Å². The fraction of sp³-hybridized carbons (Fsp3) is 0.333. The van der Waals surface area contributed by atoms with Gasteiger partial charge in [-0.1, -0.05) is 59.3 Å². The summed E-state index contributed by atoms with van der Waals surface area (Å²) >= 11 is 3.69. The van der Waals surface area contributed by atoms with Gasteiger partial charge in [-0.15, -0.1) is 0 Å². The molecule has 0 radical (unpaired) electrons. The predicted molar refractivity (Wildman–Crippen MR) is 94.7 cm³/mol. The summed E-state index contributed by atoms with van der Waals surface area (Å²) in [5, 5.41) is 3.44. The lowest BCUT2D eigenvalue weighted by Crippen LogP contribution is -2.17. The number of rotatable bonds is 7. The molecule has 21 heavy (non-hydrogen) atoms. The summed E-state index contributed by atoms with van der Waals surface area (Å²) in [6.07, 6.45) is 1.16. The van der Waals surface area contributed by atoms with Gasteiger partial charge in [-0.05, 0) is 36.2 Å². The van der Waals surface area contributed by atoms with Crippen LogP contribution in [-0.4, -0.2) is 13.6 Å². The van der Waals surface area contributed by atoms with Crippen LogP contribution in [0.4, 0.5) is 5.69 Å². The SMILES string of the molecule is CCCNCc1ccc(N(C)Cc2ccccc2)cc1Br. The molecule has 0 aromatic heterocycles. The van der Waals surface area contributed by atoms with Gasteiger partial charge < -0.3 is 10.2 Å². The second-order valence-corrected chi connectivity index (χ2v) is 6.15. The highest BCUT2D eigenvalue weighted by molar-refractivity contribution is 9.10. The number of nitrogens with one attached hydrogen (secondary N) is 1. The first-order valence-corrected chi connectivity index (χ1v) is 8.24. The quantitative estimate of drug-likeness (QED) is 0.738. The molecule has 2 nitrogen and oxygen atoms in total. The molecule has 0 heterocycles. The number of nitrogens with zero attached hydrogens (tertiary/aromatic N) is 1. The van der Waals surface area contributed by atoms with Crippen LogP contribution in [0.2, 0.25) is 0 Å². The Bertz CT molecular complexity index is 554. The molecule has 0 aliphatic heterocycles. The van der Waals surface area contributed by atoms with Gasteiger partial charge in [0.1, 0.15) is 0 Å². The van der Waals surface area contributed by atoms with Gasteiger partial charge >= 0.3 is 0 Å². The standard InChI is InChI=1S/C18H23BrN2/c1-3-11-20-13-16-9-10-17(12-18(16)19)21(2)14-15-7-5-4-6-8-15/h4-10,12,20H,3,11,13-14H2,1-2H3. The molecule has 1 N–H and O–H groups in total. The fourth-order valence-electron chi connectivity index (χ4n) is 2.27. The van der Waals surface area contributed by atoms with Gasteiger partial charge in [0.25, 0.3) is 0 Å². The van der Waals surface area contributed by atoms with Crippen molar-refractivity contribution in [2.45, 2.75) is 26.4 Å². The molecule has 0 aliphatic carbocycles. The molecule has 0 spiro atoms. The van der Waals surface area contributed by atoms with Crippen LogP contribution in [-0.2, 0) is 13.1 Å². The number of anilines is 1. The molecule has 2 aromatic carbocycles. The summed E-state index contributed by atoms with van der Waals surface area (Å²) in [5.74, 6) is 0. The van der Waals surface area contributed by atoms with E-state index in [1.807, 2.05) is 0 Å². The third kappa shape index (κ3) is 4.87. The summed E-state index contributed by atoms with van der Waals surface area (Å²) in [6, 6.07) is 17.1. The lowest BCUT2D eigenvalue weighted by molar-refractivity contribution is 0.674. The van der Waals surface area contributed by atoms with E-state index in [9.17, 15) is 0 Å². The van der Waals surface area contributed by atoms with Crippen molar-refractivity contribution < 1.29 is 0 Å². The zero-order valence-electron chi connectivity index (χ0n) is 12.8. The maximum atomic E-state index is 3.69. The van der Waals surface area contributed by atoms with Gasteiger partial charge in [-0.3, -0.25) is 0 Å². The second-order valence-electron chi connectivity index (χ2n) is 5.29. The molecule has 0 bridgehead atoms. The van der Waals surface area contributed by atoms with E-state index >= 15 is 0 Å². The minimum atomic E-state index is 0.914. The first kappa shape index (κ1) is 16.1. The highest BCUT2D eigenvalue weighted by atomic mass is 79.9. The average molecular weight is 347 g/mol. The highest BCUT2D eigenvalue weighted by Crippen LogP contribution is 2.24. The third-order valence-electron chi connectivity index (χ3n) is 3.48. The highest BCUT2D eigenvalue weighted by Gasteiger charge is 2.06. The molecule has 112 valence electrons. The van der Waals surface area contributed by atoms with E-state index in [0.29, 0.717) is 0 Å². The van der Waals surface area contributed by atoms with Crippen LogP contribution in [0.1, 0.15) is 24.5 Å². The maximum Gasteiger partial charge on any atom is 0.0426 e. The molecule has 0 unspecified atom stereocenters. The first-order chi connectivity index (χ1) is 10.2. The van der Waals surface area contributed by atoms with Crippen LogP contribution in [0.3, 0.4) is 0 Å². The first-order valence-electron chi connectivity index (χ1n) is 7.45. The summed E-state index contributed by atoms with van der Waals surface area (Å²) in [7, 11) is 2.13. The van der Waals surface area contributed by atoms with Crippen LogP contribution in [0.15, 0.2) is 53.0 Å². The Balaban J connectivity index is 2.01. The molecule has 3 heteroatoms. The summed E-state index contributed by atoms with van der Waals surface area (Å²) in [4.78, 5) is 2.27. The second kappa shape index (κ2) is 8.20. The Kier molecular flexibility index (Phi) is 6.27. The van der Waals surface area contributed by atoms with E-state index in [2.05, 4.69) is 88.6 Å². The van der Waals surface area contributed by atoms with E-state index in [-0.39, 0.29) is 0 Å². The van der Waals surface area contributed by atoms with Crippen molar-refractivity contribution in [2.75, 3.05) is 18.5 Å². The average Bonchev–Trinajstić information content (AvgIpc) is 2.50. The van der Waals surface area contributed by atoms with Crippen LogP contribution in [0.25, 0.3) is 0 Å². The molecule has 0 atom stereocenters. The van der Waals surface area contributed by atoms with Gasteiger partial charge in [-0.25, -0.2) is 0 Å².